The van der Waals surface area contributed by atoms with Crippen LogP contribution in [-0.2, 0) is 19.6 Å². The molecular formula is C18H23N3O4S. The van der Waals surface area contributed by atoms with Crippen LogP contribution in [0.5, 0.6) is 0 Å². The average molecular weight is 377 g/mol. The lowest BCUT2D eigenvalue weighted by Crippen LogP contribution is -2.60. The third-order valence-corrected chi connectivity index (χ3v) is 7.53. The average Bonchev–Trinajstić information content (AvgIpc) is 2.65. The van der Waals surface area contributed by atoms with Gasteiger partial charge in [0.2, 0.25) is 15.9 Å². The van der Waals surface area contributed by atoms with Gasteiger partial charge in [-0.25, -0.2) is 8.42 Å². The van der Waals surface area contributed by atoms with Gasteiger partial charge in [-0.05, 0) is 55.4 Å². The monoisotopic (exact) mass is 377 g/mol. The third kappa shape index (κ3) is 3.47. The minimum absolute atomic E-state index is 0.0000865. The summed E-state index contributed by atoms with van der Waals surface area (Å²) in [5.41, 5.74) is 0.436. The van der Waals surface area contributed by atoms with Crippen molar-refractivity contribution in [2.24, 2.45) is 5.41 Å². The molecule has 2 fully saturated rings. The number of carbonyl (C=O) groups excluding carboxylic acids is 1. The highest BCUT2D eigenvalue weighted by atomic mass is 32.2. The second kappa shape index (κ2) is 7.35. The first-order chi connectivity index (χ1) is 12.4. The van der Waals surface area contributed by atoms with E-state index >= 15 is 0 Å². The van der Waals surface area contributed by atoms with E-state index < -0.39 is 10.0 Å². The third-order valence-electron chi connectivity index (χ3n) is 5.62. The lowest BCUT2D eigenvalue weighted by Gasteiger charge is -2.53. The Hall–Kier alpha value is -1.95. The zero-order chi connectivity index (χ0) is 18.8. The van der Waals surface area contributed by atoms with Crippen molar-refractivity contribution < 1.29 is 17.9 Å². The molecule has 1 atom stereocenters. The van der Waals surface area contributed by atoms with Crippen LogP contribution in [0.4, 0.5) is 0 Å². The molecule has 0 radical (unpaired) electrons. The number of rotatable bonds is 5. The summed E-state index contributed by atoms with van der Waals surface area (Å²) in [6.45, 7) is 0.934. The normalized spacial score (nSPS) is 22.4. The zero-order valence-corrected chi connectivity index (χ0v) is 15.6. The summed E-state index contributed by atoms with van der Waals surface area (Å²) >= 11 is 0. The van der Waals surface area contributed by atoms with Crippen LogP contribution in [0.15, 0.2) is 29.2 Å². The molecule has 1 amide bonds. The van der Waals surface area contributed by atoms with Crippen molar-refractivity contribution in [2.75, 3.05) is 26.8 Å². The Labute approximate surface area is 154 Å². The van der Waals surface area contributed by atoms with Crippen molar-refractivity contribution in [3.63, 3.8) is 0 Å². The first-order valence-corrected chi connectivity index (χ1v) is 10.1. The van der Waals surface area contributed by atoms with Gasteiger partial charge < -0.3 is 10.1 Å². The van der Waals surface area contributed by atoms with Crippen molar-refractivity contribution in [1.82, 2.24) is 9.62 Å². The van der Waals surface area contributed by atoms with E-state index in [4.69, 9.17) is 10.00 Å². The van der Waals surface area contributed by atoms with Gasteiger partial charge in [0, 0.05) is 26.2 Å². The Kier molecular flexibility index (Phi) is 5.32. The summed E-state index contributed by atoms with van der Waals surface area (Å²) in [5, 5.41) is 11.9. The molecular weight excluding hydrogens is 354 g/mol. The van der Waals surface area contributed by atoms with Crippen molar-refractivity contribution >= 4 is 15.9 Å². The summed E-state index contributed by atoms with van der Waals surface area (Å²) in [5.74, 6) is -0.121. The molecule has 1 saturated heterocycles. The molecule has 26 heavy (non-hydrogen) atoms. The minimum Gasteiger partial charge on any atom is -0.375 e. The Morgan fingerprint density at radius 1 is 1.31 bits per heavy atom. The standard InChI is InChI=1S/C18H23N3O4S/c1-25-13-17(22)20-16-6-7-18(16)8-10-21(11-9-18)26(23,24)15-4-2-14(12-19)3-5-15/h2-5,16H,6-11,13H2,1H3,(H,20,22). The molecule has 7 nitrogen and oxygen atoms in total. The fourth-order valence-electron chi connectivity index (χ4n) is 3.91. The Bertz CT molecular complexity index is 806. The summed E-state index contributed by atoms with van der Waals surface area (Å²) in [6, 6.07) is 8.09. The Balaban J connectivity index is 1.64. The predicted molar refractivity (Wildman–Crippen MR) is 94.6 cm³/mol. The molecule has 8 heteroatoms. The van der Waals surface area contributed by atoms with Crippen molar-refractivity contribution in [3.05, 3.63) is 29.8 Å². The first-order valence-electron chi connectivity index (χ1n) is 8.70. The largest absolute Gasteiger partial charge is 0.375 e. The molecule has 2 aliphatic rings. The number of sulfonamides is 1. The quantitative estimate of drug-likeness (QED) is 0.833. The van der Waals surface area contributed by atoms with Crippen LogP contribution >= 0.6 is 0 Å². The smallest absolute Gasteiger partial charge is 0.246 e. The van der Waals surface area contributed by atoms with Crippen LogP contribution < -0.4 is 5.32 Å². The Morgan fingerprint density at radius 3 is 2.46 bits per heavy atom. The van der Waals surface area contributed by atoms with Gasteiger partial charge in [-0.2, -0.15) is 9.57 Å². The lowest BCUT2D eigenvalue weighted by molar-refractivity contribution is -0.128. The molecule has 1 aliphatic carbocycles. The van der Waals surface area contributed by atoms with E-state index in [1.165, 1.54) is 35.7 Å². The highest BCUT2D eigenvalue weighted by Gasteiger charge is 2.50. The second-order valence-electron chi connectivity index (χ2n) is 6.99. The number of hydrogen-bond donors (Lipinski definition) is 1. The highest BCUT2D eigenvalue weighted by Crippen LogP contribution is 2.49. The van der Waals surface area contributed by atoms with Crippen LogP contribution in [0, 0.1) is 16.7 Å². The zero-order valence-electron chi connectivity index (χ0n) is 14.8. The van der Waals surface area contributed by atoms with Crippen LogP contribution in [0.3, 0.4) is 0 Å². The van der Waals surface area contributed by atoms with Gasteiger partial charge in [-0.1, -0.05) is 0 Å². The molecule has 1 aliphatic heterocycles. The number of nitrogens with zero attached hydrogens (tertiary/aromatic N) is 2. The van der Waals surface area contributed by atoms with Crippen LogP contribution in [-0.4, -0.2) is 51.5 Å². The maximum absolute atomic E-state index is 12.8. The van der Waals surface area contributed by atoms with E-state index in [1.54, 1.807) is 0 Å². The van der Waals surface area contributed by atoms with Gasteiger partial charge in [0.1, 0.15) is 6.61 Å². The van der Waals surface area contributed by atoms with Gasteiger partial charge in [-0.15, -0.1) is 0 Å². The number of amides is 1. The second-order valence-corrected chi connectivity index (χ2v) is 8.93. The molecule has 1 aromatic carbocycles. The summed E-state index contributed by atoms with van der Waals surface area (Å²) < 4.78 is 32.0. The fraction of sp³-hybridized carbons (Fsp3) is 0.556. The molecule has 1 heterocycles. The molecule has 1 aromatic rings. The maximum atomic E-state index is 12.8. The summed E-state index contributed by atoms with van der Waals surface area (Å²) in [4.78, 5) is 12.0. The van der Waals surface area contributed by atoms with Gasteiger partial charge in [-0.3, -0.25) is 4.79 Å². The van der Waals surface area contributed by atoms with E-state index in [2.05, 4.69) is 5.32 Å². The molecule has 0 aromatic heterocycles. The fourth-order valence-corrected chi connectivity index (χ4v) is 5.35. The van der Waals surface area contributed by atoms with Crippen molar-refractivity contribution in [2.45, 2.75) is 36.6 Å². The molecule has 0 bridgehead atoms. The number of nitriles is 1. The highest BCUT2D eigenvalue weighted by molar-refractivity contribution is 7.89. The number of nitrogens with one attached hydrogen (secondary N) is 1. The number of carbonyl (C=O) groups is 1. The number of methoxy groups -OCH3 is 1. The summed E-state index contributed by atoms with van der Waals surface area (Å²) in [7, 11) is -2.07. The van der Waals surface area contributed by atoms with Crippen molar-refractivity contribution in [1.29, 1.82) is 5.26 Å². The van der Waals surface area contributed by atoms with E-state index in [9.17, 15) is 13.2 Å². The van der Waals surface area contributed by atoms with E-state index in [-0.39, 0.29) is 28.9 Å². The SMILES string of the molecule is COCC(=O)NC1CCC12CCN(S(=O)(=O)c1ccc(C#N)cc1)CC2. The summed E-state index contributed by atoms with van der Waals surface area (Å²) in [6.07, 6.45) is 3.41. The van der Waals surface area contributed by atoms with Gasteiger partial charge in [0.05, 0.1) is 16.5 Å². The van der Waals surface area contributed by atoms with E-state index in [0.717, 1.165) is 25.7 Å². The van der Waals surface area contributed by atoms with E-state index in [1.807, 2.05) is 6.07 Å². The number of ether oxygens (including phenoxy) is 1. The molecule has 1 spiro atoms. The molecule has 1 unspecified atom stereocenters. The van der Waals surface area contributed by atoms with Gasteiger partial charge in [0.25, 0.3) is 0 Å². The predicted octanol–water partition coefficient (Wildman–Crippen LogP) is 1.25. The number of piperidine rings is 1. The van der Waals surface area contributed by atoms with Crippen LogP contribution in [0.25, 0.3) is 0 Å². The number of hydrogen-bond acceptors (Lipinski definition) is 5. The number of benzene rings is 1. The Morgan fingerprint density at radius 2 is 1.96 bits per heavy atom. The van der Waals surface area contributed by atoms with Gasteiger partial charge in [0.15, 0.2) is 0 Å². The maximum Gasteiger partial charge on any atom is 0.246 e. The molecule has 140 valence electrons. The van der Waals surface area contributed by atoms with Crippen LogP contribution in [0.2, 0.25) is 0 Å². The van der Waals surface area contributed by atoms with Gasteiger partial charge >= 0.3 is 0 Å². The van der Waals surface area contributed by atoms with Crippen LogP contribution in [0.1, 0.15) is 31.2 Å². The molecule has 3 rings (SSSR count). The topological polar surface area (TPSA) is 99.5 Å². The molecule has 1 saturated carbocycles. The lowest BCUT2D eigenvalue weighted by atomic mass is 9.59. The first kappa shape index (κ1) is 18.8. The van der Waals surface area contributed by atoms with E-state index in [0.29, 0.717) is 18.7 Å². The van der Waals surface area contributed by atoms with Crippen molar-refractivity contribution in [3.8, 4) is 6.07 Å². The molecule has 1 N–H and O–H groups in total. The minimum atomic E-state index is -3.55.